The normalized spacial score (nSPS) is 15.9. The molecule has 1 aliphatic rings. The monoisotopic (exact) mass is 490 g/mol. The number of amides is 2. The Morgan fingerprint density at radius 1 is 1.28 bits per heavy atom. The number of carbonyl (C=O) groups is 2. The zero-order valence-electron chi connectivity index (χ0n) is 20.1. The Morgan fingerprint density at radius 3 is 2.64 bits per heavy atom. The fourth-order valence-corrected chi connectivity index (χ4v) is 4.68. The van der Waals surface area contributed by atoms with Gasteiger partial charge in [0.05, 0.1) is 12.7 Å². The molecule has 0 radical (unpaired) electrons. The first-order valence-electron chi connectivity index (χ1n) is 11.6. The van der Waals surface area contributed by atoms with Crippen molar-refractivity contribution < 1.29 is 23.8 Å². The first-order valence-corrected chi connectivity index (χ1v) is 11.6. The Kier molecular flexibility index (Phi) is 7.36. The van der Waals surface area contributed by atoms with Gasteiger partial charge in [0, 0.05) is 38.3 Å². The maximum absolute atomic E-state index is 13.8. The van der Waals surface area contributed by atoms with Crippen LogP contribution in [0.5, 0.6) is 5.75 Å². The molecule has 0 saturated carbocycles. The first-order chi connectivity index (χ1) is 17.3. The average Bonchev–Trinajstić information content (AvgIpc) is 3.36. The van der Waals surface area contributed by atoms with Crippen LogP contribution in [0, 0.1) is 17.1 Å². The SMILES string of the molecule is COc1c(C#N)cc2ccccc2c1CN(C)C(=O)C(NC1CCN(C(=O)O)C1)c1ccc(F)cc1. The highest BCUT2D eigenvalue weighted by Gasteiger charge is 2.32. The van der Waals surface area contributed by atoms with E-state index in [1.807, 2.05) is 24.3 Å². The zero-order chi connectivity index (χ0) is 25.8. The molecule has 0 bridgehead atoms. The van der Waals surface area contributed by atoms with Crippen LogP contribution < -0.4 is 10.1 Å². The van der Waals surface area contributed by atoms with Gasteiger partial charge in [0.15, 0.2) is 0 Å². The number of nitrogens with one attached hydrogen (secondary N) is 1. The van der Waals surface area contributed by atoms with Gasteiger partial charge in [-0.25, -0.2) is 9.18 Å². The summed E-state index contributed by atoms with van der Waals surface area (Å²) in [6.07, 6.45) is -0.443. The van der Waals surface area contributed by atoms with Gasteiger partial charge in [-0.15, -0.1) is 0 Å². The van der Waals surface area contributed by atoms with Crippen LogP contribution in [0.1, 0.15) is 29.2 Å². The molecule has 0 spiro atoms. The molecule has 2 unspecified atom stereocenters. The van der Waals surface area contributed by atoms with Crippen LogP contribution in [-0.4, -0.2) is 60.2 Å². The molecule has 3 aromatic carbocycles. The van der Waals surface area contributed by atoms with Crippen LogP contribution >= 0.6 is 0 Å². The lowest BCUT2D eigenvalue weighted by Crippen LogP contribution is -2.44. The molecule has 0 aliphatic carbocycles. The smallest absolute Gasteiger partial charge is 0.407 e. The highest BCUT2D eigenvalue weighted by atomic mass is 19.1. The van der Waals surface area contributed by atoms with Crippen molar-refractivity contribution in [2.45, 2.75) is 25.0 Å². The van der Waals surface area contributed by atoms with Crippen molar-refractivity contribution >= 4 is 22.8 Å². The van der Waals surface area contributed by atoms with Gasteiger partial charge in [0.2, 0.25) is 5.91 Å². The van der Waals surface area contributed by atoms with Gasteiger partial charge in [-0.1, -0.05) is 36.4 Å². The predicted molar refractivity (Wildman–Crippen MR) is 132 cm³/mol. The van der Waals surface area contributed by atoms with Gasteiger partial charge < -0.3 is 19.6 Å². The van der Waals surface area contributed by atoms with Crippen molar-refractivity contribution in [3.8, 4) is 11.8 Å². The topological polar surface area (TPSA) is 106 Å². The molecule has 0 aromatic heterocycles. The van der Waals surface area contributed by atoms with Crippen LogP contribution in [0.25, 0.3) is 10.8 Å². The summed E-state index contributed by atoms with van der Waals surface area (Å²) in [6.45, 7) is 0.799. The molecule has 2 N–H and O–H groups in total. The third-order valence-electron chi connectivity index (χ3n) is 6.51. The molecule has 9 heteroatoms. The fraction of sp³-hybridized carbons (Fsp3) is 0.296. The molecule has 186 valence electrons. The summed E-state index contributed by atoms with van der Waals surface area (Å²) in [7, 11) is 3.15. The largest absolute Gasteiger partial charge is 0.495 e. The first kappa shape index (κ1) is 24.9. The molecule has 4 rings (SSSR count). The number of likely N-dealkylation sites (N-methyl/N-ethyl adjacent to an activating group) is 1. The van der Waals surface area contributed by atoms with Crippen molar-refractivity contribution in [2.75, 3.05) is 27.2 Å². The molecule has 2 atom stereocenters. The van der Waals surface area contributed by atoms with E-state index in [1.165, 1.54) is 29.0 Å². The van der Waals surface area contributed by atoms with Gasteiger partial charge in [0.25, 0.3) is 0 Å². The van der Waals surface area contributed by atoms with Crippen molar-refractivity contribution in [2.24, 2.45) is 0 Å². The number of rotatable bonds is 7. The third-order valence-corrected chi connectivity index (χ3v) is 6.51. The van der Waals surface area contributed by atoms with E-state index in [1.54, 1.807) is 25.2 Å². The number of benzene rings is 3. The third kappa shape index (κ3) is 5.09. The van der Waals surface area contributed by atoms with Gasteiger partial charge in [-0.3, -0.25) is 10.1 Å². The van der Waals surface area contributed by atoms with Crippen LogP contribution in [0.3, 0.4) is 0 Å². The Balaban J connectivity index is 1.65. The number of hydrogen-bond donors (Lipinski definition) is 2. The molecule has 8 nitrogen and oxygen atoms in total. The molecular weight excluding hydrogens is 463 g/mol. The Hall–Kier alpha value is -4.16. The summed E-state index contributed by atoms with van der Waals surface area (Å²) < 4.78 is 19.2. The fourth-order valence-electron chi connectivity index (χ4n) is 4.68. The summed E-state index contributed by atoms with van der Waals surface area (Å²) in [4.78, 5) is 28.0. The second-order valence-corrected chi connectivity index (χ2v) is 8.83. The van der Waals surface area contributed by atoms with E-state index in [2.05, 4.69) is 11.4 Å². The van der Waals surface area contributed by atoms with E-state index in [9.17, 15) is 24.3 Å². The van der Waals surface area contributed by atoms with Gasteiger partial charge in [-0.2, -0.15) is 5.26 Å². The average molecular weight is 491 g/mol. The minimum Gasteiger partial charge on any atom is -0.495 e. The number of fused-ring (bicyclic) bond motifs is 1. The Bertz CT molecular complexity index is 1320. The second kappa shape index (κ2) is 10.6. The number of methoxy groups -OCH3 is 1. The van der Waals surface area contributed by atoms with E-state index < -0.39 is 18.0 Å². The van der Waals surface area contributed by atoms with Crippen molar-refractivity contribution in [1.82, 2.24) is 15.1 Å². The number of nitriles is 1. The molecular formula is C27H27FN4O4. The van der Waals surface area contributed by atoms with Crippen molar-refractivity contribution in [1.29, 1.82) is 5.26 Å². The minimum atomic E-state index is -1.00. The van der Waals surface area contributed by atoms with E-state index >= 15 is 0 Å². The second-order valence-electron chi connectivity index (χ2n) is 8.83. The zero-order valence-corrected chi connectivity index (χ0v) is 20.1. The van der Waals surface area contributed by atoms with Crippen molar-refractivity contribution in [3.63, 3.8) is 0 Å². The predicted octanol–water partition coefficient (Wildman–Crippen LogP) is 3.90. The number of carboxylic acid groups (broad SMARTS) is 1. The number of likely N-dealkylation sites (tertiary alicyclic amines) is 1. The molecule has 3 aromatic rings. The van der Waals surface area contributed by atoms with E-state index in [-0.39, 0.29) is 25.0 Å². The van der Waals surface area contributed by atoms with Gasteiger partial charge >= 0.3 is 6.09 Å². The number of nitrogens with zero attached hydrogens (tertiary/aromatic N) is 3. The molecule has 1 saturated heterocycles. The quantitative estimate of drug-likeness (QED) is 0.520. The van der Waals surface area contributed by atoms with Gasteiger partial charge in [-0.05, 0) is 41.0 Å². The molecule has 1 fully saturated rings. The lowest BCUT2D eigenvalue weighted by Gasteiger charge is -2.28. The van der Waals surface area contributed by atoms with Crippen LogP contribution in [0.2, 0.25) is 0 Å². The van der Waals surface area contributed by atoms with E-state index in [4.69, 9.17) is 4.74 Å². The lowest BCUT2D eigenvalue weighted by molar-refractivity contribution is -0.133. The highest BCUT2D eigenvalue weighted by Crippen LogP contribution is 2.33. The van der Waals surface area contributed by atoms with Crippen molar-refractivity contribution in [3.05, 3.63) is 77.1 Å². The molecule has 1 heterocycles. The molecule has 36 heavy (non-hydrogen) atoms. The summed E-state index contributed by atoms with van der Waals surface area (Å²) in [5, 5.41) is 24.0. The summed E-state index contributed by atoms with van der Waals surface area (Å²) in [5.41, 5.74) is 1.66. The Morgan fingerprint density at radius 2 is 2.00 bits per heavy atom. The standard InChI is InChI=1S/C27H27FN4O4/c1-31(16-23-22-6-4-3-5-18(22)13-19(14-29)25(23)36-2)26(33)24(17-7-9-20(28)10-8-17)30-21-11-12-32(15-21)27(34)35/h3-10,13,21,24,30H,11-12,15-16H2,1-2H3,(H,34,35). The maximum Gasteiger partial charge on any atom is 0.407 e. The summed E-state index contributed by atoms with van der Waals surface area (Å²) >= 11 is 0. The molecule has 1 aliphatic heterocycles. The Labute approximate surface area is 208 Å². The summed E-state index contributed by atoms with van der Waals surface area (Å²) in [6, 6.07) is 16.2. The highest BCUT2D eigenvalue weighted by molar-refractivity contribution is 5.91. The molecule has 2 amide bonds. The number of carbonyl (C=O) groups excluding carboxylic acids is 1. The summed E-state index contributed by atoms with van der Waals surface area (Å²) in [5.74, 6) is -0.278. The van der Waals surface area contributed by atoms with Crippen LogP contribution in [-0.2, 0) is 11.3 Å². The van der Waals surface area contributed by atoms with Gasteiger partial charge in [0.1, 0.15) is 23.7 Å². The van der Waals surface area contributed by atoms with E-state index in [0.717, 1.165) is 10.8 Å². The van der Waals surface area contributed by atoms with Crippen LogP contribution in [0.15, 0.2) is 54.6 Å². The van der Waals surface area contributed by atoms with Crippen LogP contribution in [0.4, 0.5) is 9.18 Å². The number of hydrogen-bond acceptors (Lipinski definition) is 5. The maximum atomic E-state index is 13.8. The lowest BCUT2D eigenvalue weighted by atomic mass is 9.98. The number of ether oxygens (including phenoxy) is 1. The minimum absolute atomic E-state index is 0.170. The van der Waals surface area contributed by atoms with E-state index in [0.29, 0.717) is 35.4 Å². The number of halogens is 1.